The van der Waals surface area contributed by atoms with Crippen LogP contribution in [0.1, 0.15) is 24.2 Å². The van der Waals surface area contributed by atoms with E-state index in [1.54, 1.807) is 36.9 Å². The lowest BCUT2D eigenvalue weighted by Crippen LogP contribution is -2.26. The summed E-state index contributed by atoms with van der Waals surface area (Å²) in [6.45, 7) is 3.79. The summed E-state index contributed by atoms with van der Waals surface area (Å²) in [7, 11) is 1.35. The van der Waals surface area contributed by atoms with E-state index in [1.807, 2.05) is 6.07 Å². The fourth-order valence-electron chi connectivity index (χ4n) is 1.81. The zero-order chi connectivity index (χ0) is 13.3. The van der Waals surface area contributed by atoms with Crippen LogP contribution in [0.2, 0.25) is 0 Å². The van der Waals surface area contributed by atoms with E-state index in [2.05, 4.69) is 9.84 Å². The molecule has 5 nitrogen and oxygen atoms in total. The lowest BCUT2D eigenvalue weighted by Gasteiger charge is -2.17. The summed E-state index contributed by atoms with van der Waals surface area (Å²) in [5.74, 6) is -0.382. The average Bonchev–Trinajstić information content (AvgIpc) is 2.68. The summed E-state index contributed by atoms with van der Waals surface area (Å²) in [6.07, 6.45) is 1.71. The molecule has 0 unspecified atom stereocenters. The second-order valence-electron chi connectivity index (χ2n) is 4.88. The number of carbonyl (C=O) groups is 1. The van der Waals surface area contributed by atoms with Gasteiger partial charge in [-0.1, -0.05) is 6.07 Å². The highest BCUT2D eigenvalue weighted by Gasteiger charge is 2.16. The number of hydrogen-bond acceptors (Lipinski definition) is 4. The molecule has 18 heavy (non-hydrogen) atoms. The van der Waals surface area contributed by atoms with E-state index in [4.69, 9.17) is 0 Å². The van der Waals surface area contributed by atoms with Crippen molar-refractivity contribution in [2.45, 2.75) is 26.0 Å². The molecule has 2 aromatic rings. The van der Waals surface area contributed by atoms with Gasteiger partial charge in [0.25, 0.3) is 0 Å². The summed E-state index contributed by atoms with van der Waals surface area (Å²) >= 11 is 0. The highest BCUT2D eigenvalue weighted by atomic mass is 16.5. The van der Waals surface area contributed by atoms with E-state index in [0.717, 1.165) is 10.9 Å². The van der Waals surface area contributed by atoms with Crippen molar-refractivity contribution in [3.05, 3.63) is 30.0 Å². The van der Waals surface area contributed by atoms with E-state index in [0.29, 0.717) is 12.1 Å². The number of esters is 1. The largest absolute Gasteiger partial charge is 0.465 e. The first-order valence-corrected chi connectivity index (χ1v) is 5.67. The number of hydrogen-bond donors (Lipinski definition) is 1. The highest BCUT2D eigenvalue weighted by molar-refractivity contribution is 5.94. The van der Waals surface area contributed by atoms with Crippen molar-refractivity contribution in [2.75, 3.05) is 7.11 Å². The minimum absolute atomic E-state index is 0.362. The maximum Gasteiger partial charge on any atom is 0.337 e. The van der Waals surface area contributed by atoms with E-state index in [1.165, 1.54) is 7.11 Å². The van der Waals surface area contributed by atoms with Crippen molar-refractivity contribution in [3.8, 4) is 0 Å². The van der Waals surface area contributed by atoms with E-state index < -0.39 is 5.60 Å². The quantitative estimate of drug-likeness (QED) is 0.838. The lowest BCUT2D eigenvalue weighted by molar-refractivity contribution is 0.0591. The van der Waals surface area contributed by atoms with E-state index in [-0.39, 0.29) is 5.97 Å². The maximum absolute atomic E-state index is 11.5. The Morgan fingerprint density at radius 1 is 1.50 bits per heavy atom. The van der Waals surface area contributed by atoms with Gasteiger partial charge in [0.1, 0.15) is 0 Å². The fraction of sp³-hybridized carbons (Fsp3) is 0.385. The third kappa shape index (κ3) is 2.51. The molecule has 0 radical (unpaired) electrons. The number of ether oxygens (including phenoxy) is 1. The van der Waals surface area contributed by atoms with Crippen LogP contribution in [-0.4, -0.2) is 33.6 Å². The standard InChI is InChI=1S/C13H16N2O3/c1-13(2,17)8-15-11-6-9(12(16)18-3)4-5-10(11)7-14-15/h4-7,17H,8H2,1-3H3. The van der Waals surface area contributed by atoms with Crippen molar-refractivity contribution in [1.82, 2.24) is 9.78 Å². The smallest absolute Gasteiger partial charge is 0.337 e. The van der Waals surface area contributed by atoms with E-state index in [9.17, 15) is 9.90 Å². The number of carbonyl (C=O) groups excluding carboxylic acids is 1. The van der Waals surface area contributed by atoms with Gasteiger partial charge < -0.3 is 9.84 Å². The first-order valence-electron chi connectivity index (χ1n) is 5.67. The van der Waals surface area contributed by atoms with E-state index >= 15 is 0 Å². The Morgan fingerprint density at radius 3 is 2.83 bits per heavy atom. The minimum atomic E-state index is -0.861. The molecule has 1 N–H and O–H groups in total. The monoisotopic (exact) mass is 248 g/mol. The molecule has 0 aliphatic heterocycles. The molecule has 2 rings (SSSR count). The molecule has 1 aromatic carbocycles. The van der Waals surface area contributed by atoms with Crippen molar-refractivity contribution >= 4 is 16.9 Å². The first kappa shape index (κ1) is 12.6. The normalized spacial score (nSPS) is 11.8. The molecule has 0 saturated heterocycles. The Balaban J connectivity index is 2.46. The van der Waals surface area contributed by atoms with Crippen LogP contribution in [0.4, 0.5) is 0 Å². The summed E-state index contributed by atoms with van der Waals surface area (Å²) in [6, 6.07) is 5.24. The van der Waals surface area contributed by atoms with Gasteiger partial charge >= 0.3 is 5.97 Å². The van der Waals surface area contributed by atoms with Crippen LogP contribution in [0.5, 0.6) is 0 Å². The molecule has 1 heterocycles. The van der Waals surface area contributed by atoms with Gasteiger partial charge in [-0.3, -0.25) is 4.68 Å². The molecule has 0 spiro atoms. The third-order valence-corrected chi connectivity index (χ3v) is 2.60. The second kappa shape index (κ2) is 4.42. The zero-order valence-electron chi connectivity index (χ0n) is 10.7. The Hall–Kier alpha value is -1.88. The molecule has 0 bridgehead atoms. The van der Waals surface area contributed by atoms with Gasteiger partial charge in [-0.25, -0.2) is 4.79 Å². The number of benzene rings is 1. The van der Waals surface area contributed by atoms with Gasteiger partial charge in [0.2, 0.25) is 0 Å². The Labute approximate surface area is 105 Å². The summed E-state index contributed by atoms with van der Waals surface area (Å²) in [4.78, 5) is 11.5. The molecule has 1 aromatic heterocycles. The molecule has 0 amide bonds. The van der Waals surface area contributed by atoms with Crippen LogP contribution < -0.4 is 0 Å². The van der Waals surface area contributed by atoms with Gasteiger partial charge in [0.15, 0.2) is 0 Å². The number of aliphatic hydroxyl groups is 1. The first-order chi connectivity index (χ1) is 8.40. The molecule has 0 atom stereocenters. The van der Waals surface area contributed by atoms with Crippen molar-refractivity contribution in [2.24, 2.45) is 0 Å². The molecule has 0 aliphatic carbocycles. The van der Waals surface area contributed by atoms with Crippen molar-refractivity contribution in [3.63, 3.8) is 0 Å². The molecular formula is C13H16N2O3. The van der Waals surface area contributed by atoms with Gasteiger partial charge in [0, 0.05) is 5.39 Å². The van der Waals surface area contributed by atoms with Crippen LogP contribution in [0.3, 0.4) is 0 Å². The molecule has 0 saturated carbocycles. The fourth-order valence-corrected chi connectivity index (χ4v) is 1.81. The molecule has 0 aliphatic rings. The number of nitrogens with zero attached hydrogens (tertiary/aromatic N) is 2. The second-order valence-corrected chi connectivity index (χ2v) is 4.88. The third-order valence-electron chi connectivity index (χ3n) is 2.60. The topological polar surface area (TPSA) is 64.3 Å². The summed E-state index contributed by atoms with van der Waals surface area (Å²) in [5.41, 5.74) is 0.419. The Bertz CT molecular complexity index is 581. The molecular weight excluding hydrogens is 232 g/mol. The molecule has 0 fully saturated rings. The Morgan fingerprint density at radius 2 is 2.22 bits per heavy atom. The average molecular weight is 248 g/mol. The molecule has 96 valence electrons. The zero-order valence-corrected chi connectivity index (χ0v) is 10.7. The van der Waals surface area contributed by atoms with Crippen molar-refractivity contribution in [1.29, 1.82) is 0 Å². The predicted octanol–water partition coefficient (Wildman–Crippen LogP) is 1.59. The van der Waals surface area contributed by atoms with Crippen molar-refractivity contribution < 1.29 is 14.6 Å². The molecule has 5 heteroatoms. The van der Waals surface area contributed by atoms with Gasteiger partial charge in [-0.2, -0.15) is 5.10 Å². The van der Waals surface area contributed by atoms with Gasteiger partial charge in [-0.15, -0.1) is 0 Å². The maximum atomic E-state index is 11.5. The van der Waals surface area contributed by atoms with Crippen LogP contribution >= 0.6 is 0 Å². The predicted molar refractivity (Wildman–Crippen MR) is 67.4 cm³/mol. The number of rotatable bonds is 3. The highest BCUT2D eigenvalue weighted by Crippen LogP contribution is 2.18. The number of methoxy groups -OCH3 is 1. The summed E-state index contributed by atoms with van der Waals surface area (Å²) in [5, 5.41) is 15.0. The lowest BCUT2D eigenvalue weighted by atomic mass is 10.1. The van der Waals surface area contributed by atoms with Gasteiger partial charge in [0.05, 0.1) is 36.5 Å². The Kier molecular flexibility index (Phi) is 3.09. The SMILES string of the molecule is COC(=O)c1ccc2cnn(CC(C)(C)O)c2c1. The van der Waals surface area contributed by atoms with Crippen LogP contribution in [0.25, 0.3) is 10.9 Å². The van der Waals surface area contributed by atoms with Crippen LogP contribution in [0, 0.1) is 0 Å². The number of aromatic nitrogens is 2. The minimum Gasteiger partial charge on any atom is -0.465 e. The van der Waals surface area contributed by atoms with Crippen LogP contribution in [-0.2, 0) is 11.3 Å². The van der Waals surface area contributed by atoms with Crippen LogP contribution in [0.15, 0.2) is 24.4 Å². The van der Waals surface area contributed by atoms with Gasteiger partial charge in [-0.05, 0) is 26.0 Å². The summed E-state index contributed by atoms with van der Waals surface area (Å²) < 4.78 is 6.37. The number of fused-ring (bicyclic) bond motifs is 1.